The summed E-state index contributed by atoms with van der Waals surface area (Å²) >= 11 is 0. The molecule has 3 aliphatic carbocycles. The molecule has 0 aromatic heterocycles. The highest BCUT2D eigenvalue weighted by Crippen LogP contribution is 2.66. The van der Waals surface area contributed by atoms with Crippen LogP contribution >= 0.6 is 0 Å². The lowest BCUT2D eigenvalue weighted by Crippen LogP contribution is -2.74. The molecule has 6 heteroatoms. The first kappa shape index (κ1) is 14.1. The molecule has 4 N–H and O–H groups in total. The van der Waals surface area contributed by atoms with E-state index in [1.165, 1.54) is 6.07 Å². The Bertz CT molecular complexity index is 641. The number of hydrogen-bond donors (Lipinski definition) is 3. The zero-order valence-corrected chi connectivity index (χ0v) is 12.4. The minimum absolute atomic E-state index is 0.103. The van der Waals surface area contributed by atoms with E-state index in [-0.39, 0.29) is 16.9 Å². The molecular formula is C16H20FN3O2. The van der Waals surface area contributed by atoms with E-state index in [2.05, 4.69) is 4.90 Å². The maximum Gasteiger partial charge on any atom is 0.274 e. The molecule has 1 aromatic rings. The summed E-state index contributed by atoms with van der Waals surface area (Å²) < 4.78 is 14.3. The third-order valence-corrected chi connectivity index (χ3v) is 5.47. The van der Waals surface area contributed by atoms with Gasteiger partial charge >= 0.3 is 0 Å². The van der Waals surface area contributed by atoms with Gasteiger partial charge < -0.3 is 5.73 Å². The molecule has 2 bridgehead atoms. The van der Waals surface area contributed by atoms with Crippen LogP contribution in [0.25, 0.3) is 0 Å². The van der Waals surface area contributed by atoms with Crippen LogP contribution in [0.15, 0.2) is 12.1 Å². The number of hydroxylamine groups is 1. The van der Waals surface area contributed by atoms with Crippen molar-refractivity contribution in [1.82, 2.24) is 10.4 Å². The average molecular weight is 305 g/mol. The SMILES string of the molecule is NC12CC(CN3CCc4cc(C(=O)NO)cc(F)c4C3)(C1)C2. The molecule has 4 aliphatic rings. The van der Waals surface area contributed by atoms with Gasteiger partial charge in [0, 0.05) is 36.3 Å². The van der Waals surface area contributed by atoms with E-state index in [4.69, 9.17) is 10.9 Å². The van der Waals surface area contributed by atoms with Crippen LogP contribution in [0.3, 0.4) is 0 Å². The van der Waals surface area contributed by atoms with Crippen LogP contribution in [0.1, 0.15) is 40.7 Å². The van der Waals surface area contributed by atoms with Gasteiger partial charge in [0.1, 0.15) is 5.82 Å². The molecule has 3 saturated carbocycles. The molecule has 0 unspecified atom stereocenters. The van der Waals surface area contributed by atoms with Crippen molar-refractivity contribution in [2.45, 2.75) is 37.8 Å². The van der Waals surface area contributed by atoms with Gasteiger partial charge in [-0.15, -0.1) is 0 Å². The standard InChI is InChI=1S/C16H20FN3O2/c17-13-4-11(14(21)19-22)3-10-1-2-20(5-12(10)13)9-15-6-16(18,7-15)8-15/h3-4,22H,1-2,5-9,18H2,(H,19,21). The lowest BCUT2D eigenvalue weighted by Gasteiger charge is -2.70. The largest absolute Gasteiger partial charge is 0.325 e. The zero-order chi connectivity index (χ0) is 15.5. The highest BCUT2D eigenvalue weighted by Gasteiger charge is 2.65. The minimum Gasteiger partial charge on any atom is -0.325 e. The van der Waals surface area contributed by atoms with E-state index < -0.39 is 5.91 Å². The van der Waals surface area contributed by atoms with Crippen molar-refractivity contribution in [2.24, 2.45) is 11.1 Å². The van der Waals surface area contributed by atoms with Gasteiger partial charge in [-0.05, 0) is 48.8 Å². The van der Waals surface area contributed by atoms with E-state index >= 15 is 0 Å². The van der Waals surface area contributed by atoms with Crippen LogP contribution in [0.4, 0.5) is 4.39 Å². The number of fused-ring (bicyclic) bond motifs is 1. The summed E-state index contributed by atoms with van der Waals surface area (Å²) in [5.41, 5.74) is 9.83. The molecule has 22 heavy (non-hydrogen) atoms. The molecule has 5 rings (SSSR count). The number of carbonyl (C=O) groups excluding carboxylic acids is 1. The Morgan fingerprint density at radius 3 is 2.77 bits per heavy atom. The van der Waals surface area contributed by atoms with Crippen LogP contribution < -0.4 is 11.2 Å². The van der Waals surface area contributed by atoms with Gasteiger partial charge in [0.25, 0.3) is 5.91 Å². The van der Waals surface area contributed by atoms with Gasteiger partial charge in [-0.2, -0.15) is 0 Å². The predicted octanol–water partition coefficient (Wildman–Crippen LogP) is 1.18. The second-order valence-corrected chi connectivity index (χ2v) is 7.39. The molecule has 1 aromatic carbocycles. The van der Waals surface area contributed by atoms with Gasteiger partial charge in [0.15, 0.2) is 0 Å². The summed E-state index contributed by atoms with van der Waals surface area (Å²) in [6, 6.07) is 2.88. The molecule has 118 valence electrons. The molecular weight excluding hydrogens is 285 g/mol. The number of nitrogens with zero attached hydrogens (tertiary/aromatic N) is 1. The fraction of sp³-hybridized carbons (Fsp3) is 0.562. The average Bonchev–Trinajstić information content (AvgIpc) is 2.44. The second-order valence-electron chi connectivity index (χ2n) is 7.39. The number of rotatable bonds is 3. The maximum absolute atomic E-state index is 14.3. The van der Waals surface area contributed by atoms with Gasteiger partial charge in [-0.25, -0.2) is 9.87 Å². The highest BCUT2D eigenvalue weighted by molar-refractivity contribution is 5.93. The van der Waals surface area contributed by atoms with E-state index in [0.717, 1.165) is 44.3 Å². The molecule has 3 fully saturated rings. The number of hydrogen-bond acceptors (Lipinski definition) is 4. The summed E-state index contributed by atoms with van der Waals surface area (Å²) in [5, 5.41) is 8.67. The van der Waals surface area contributed by atoms with E-state index in [0.29, 0.717) is 17.5 Å². The smallest absolute Gasteiger partial charge is 0.274 e. The van der Waals surface area contributed by atoms with Crippen molar-refractivity contribution in [3.63, 3.8) is 0 Å². The van der Waals surface area contributed by atoms with Crippen molar-refractivity contribution in [1.29, 1.82) is 0 Å². The molecule has 1 heterocycles. The Balaban J connectivity index is 1.50. The monoisotopic (exact) mass is 305 g/mol. The van der Waals surface area contributed by atoms with Crippen LogP contribution in [0.5, 0.6) is 0 Å². The lowest BCUT2D eigenvalue weighted by molar-refractivity contribution is -0.148. The van der Waals surface area contributed by atoms with Crippen LogP contribution in [-0.2, 0) is 13.0 Å². The van der Waals surface area contributed by atoms with Crippen LogP contribution in [0.2, 0.25) is 0 Å². The van der Waals surface area contributed by atoms with Crippen molar-refractivity contribution in [3.05, 3.63) is 34.6 Å². The Hall–Kier alpha value is -1.50. The van der Waals surface area contributed by atoms with Crippen LogP contribution in [-0.4, -0.2) is 34.6 Å². The van der Waals surface area contributed by atoms with E-state index in [9.17, 15) is 9.18 Å². The fourth-order valence-corrected chi connectivity index (χ4v) is 4.73. The van der Waals surface area contributed by atoms with Gasteiger partial charge in [-0.3, -0.25) is 14.9 Å². The third-order valence-electron chi connectivity index (χ3n) is 5.47. The number of amides is 1. The van der Waals surface area contributed by atoms with Gasteiger partial charge in [0.05, 0.1) is 0 Å². The lowest BCUT2D eigenvalue weighted by atomic mass is 9.39. The Morgan fingerprint density at radius 2 is 2.14 bits per heavy atom. The minimum atomic E-state index is -0.675. The first-order valence-corrected chi connectivity index (χ1v) is 7.69. The molecule has 0 radical (unpaired) electrons. The normalized spacial score (nSPS) is 32.7. The highest BCUT2D eigenvalue weighted by atomic mass is 19.1. The van der Waals surface area contributed by atoms with Gasteiger partial charge in [-0.1, -0.05) is 0 Å². The number of nitrogens with two attached hydrogens (primary N) is 1. The number of benzene rings is 1. The summed E-state index contributed by atoms with van der Waals surface area (Å²) in [6.07, 6.45) is 4.02. The molecule has 5 nitrogen and oxygen atoms in total. The Morgan fingerprint density at radius 1 is 1.41 bits per heavy atom. The molecule has 0 saturated heterocycles. The number of nitrogens with one attached hydrogen (secondary N) is 1. The Labute approximate surface area is 128 Å². The molecule has 1 amide bonds. The summed E-state index contributed by atoms with van der Waals surface area (Å²) in [4.78, 5) is 13.7. The third kappa shape index (κ3) is 2.06. The first-order valence-electron chi connectivity index (χ1n) is 7.69. The molecule has 1 aliphatic heterocycles. The number of carbonyl (C=O) groups is 1. The van der Waals surface area contributed by atoms with Crippen molar-refractivity contribution in [2.75, 3.05) is 13.1 Å². The summed E-state index contributed by atoms with van der Waals surface area (Å²) in [7, 11) is 0. The summed E-state index contributed by atoms with van der Waals surface area (Å²) in [6.45, 7) is 2.45. The van der Waals surface area contributed by atoms with Crippen LogP contribution in [0, 0.1) is 11.2 Å². The zero-order valence-electron chi connectivity index (χ0n) is 12.4. The van der Waals surface area contributed by atoms with E-state index in [1.807, 2.05) is 0 Å². The summed E-state index contributed by atoms with van der Waals surface area (Å²) in [5.74, 6) is -1.04. The molecule has 0 spiro atoms. The Kier molecular flexibility index (Phi) is 2.89. The van der Waals surface area contributed by atoms with Crippen molar-refractivity contribution < 1.29 is 14.4 Å². The predicted molar refractivity (Wildman–Crippen MR) is 77.8 cm³/mol. The van der Waals surface area contributed by atoms with Gasteiger partial charge in [0.2, 0.25) is 0 Å². The molecule has 0 atom stereocenters. The van der Waals surface area contributed by atoms with Crippen molar-refractivity contribution in [3.8, 4) is 0 Å². The second kappa shape index (κ2) is 4.50. The number of halogens is 1. The van der Waals surface area contributed by atoms with Crippen molar-refractivity contribution >= 4 is 5.91 Å². The van der Waals surface area contributed by atoms with E-state index in [1.54, 1.807) is 11.5 Å². The maximum atomic E-state index is 14.3. The quantitative estimate of drug-likeness (QED) is 0.579. The first-order chi connectivity index (χ1) is 10.4. The topological polar surface area (TPSA) is 78.6 Å². The fourth-order valence-electron chi connectivity index (χ4n) is 4.73.